The van der Waals surface area contributed by atoms with Gasteiger partial charge in [-0.15, -0.1) is 10.2 Å². The fourth-order valence-electron chi connectivity index (χ4n) is 1.77. The molecule has 0 saturated carbocycles. The number of tetrazole rings is 1. The Kier molecular flexibility index (Phi) is 3.22. The highest BCUT2D eigenvalue weighted by Crippen LogP contribution is 2.19. The SMILES string of the molecule is N#CC(=CNc1ccc2ncc(F)cc2c1)c1nn[nH]n1. The number of aromatic amines is 1. The fourth-order valence-corrected chi connectivity index (χ4v) is 1.77. The first-order valence-electron chi connectivity index (χ1n) is 5.92. The first-order chi connectivity index (χ1) is 10.3. The van der Waals surface area contributed by atoms with Crippen molar-refractivity contribution in [3.8, 4) is 6.07 Å². The third kappa shape index (κ3) is 2.66. The maximum atomic E-state index is 13.2. The molecule has 7 nitrogen and oxygen atoms in total. The summed E-state index contributed by atoms with van der Waals surface area (Å²) in [5, 5.41) is 25.8. The predicted octanol–water partition coefficient (Wildman–Crippen LogP) is 1.86. The molecule has 2 heterocycles. The summed E-state index contributed by atoms with van der Waals surface area (Å²) in [7, 11) is 0. The highest BCUT2D eigenvalue weighted by Gasteiger charge is 2.05. The molecule has 1 aromatic carbocycles. The van der Waals surface area contributed by atoms with Crippen LogP contribution in [-0.2, 0) is 0 Å². The molecule has 3 rings (SSSR count). The van der Waals surface area contributed by atoms with Gasteiger partial charge in [-0.05, 0) is 29.5 Å². The van der Waals surface area contributed by atoms with Crippen molar-refractivity contribution < 1.29 is 4.39 Å². The van der Waals surface area contributed by atoms with Crippen molar-refractivity contribution in [3.05, 3.63) is 48.3 Å². The second-order valence-electron chi connectivity index (χ2n) is 4.11. The van der Waals surface area contributed by atoms with E-state index >= 15 is 0 Å². The molecule has 102 valence electrons. The van der Waals surface area contributed by atoms with E-state index in [1.165, 1.54) is 18.5 Å². The van der Waals surface area contributed by atoms with Crippen molar-refractivity contribution in [3.63, 3.8) is 0 Å². The molecule has 3 aromatic rings. The van der Waals surface area contributed by atoms with Crippen LogP contribution in [-0.4, -0.2) is 25.6 Å². The van der Waals surface area contributed by atoms with Crippen molar-refractivity contribution in [1.29, 1.82) is 5.26 Å². The van der Waals surface area contributed by atoms with E-state index in [9.17, 15) is 4.39 Å². The van der Waals surface area contributed by atoms with Gasteiger partial charge in [0.15, 0.2) is 0 Å². The van der Waals surface area contributed by atoms with Gasteiger partial charge < -0.3 is 5.32 Å². The van der Waals surface area contributed by atoms with Gasteiger partial charge in [0, 0.05) is 17.3 Å². The third-order valence-corrected chi connectivity index (χ3v) is 2.74. The molecular formula is C13H8FN7. The van der Waals surface area contributed by atoms with Gasteiger partial charge >= 0.3 is 0 Å². The lowest BCUT2D eigenvalue weighted by Gasteiger charge is -2.03. The van der Waals surface area contributed by atoms with E-state index in [1.807, 2.05) is 6.07 Å². The molecule has 0 saturated heterocycles. The van der Waals surface area contributed by atoms with Crippen LogP contribution in [0.2, 0.25) is 0 Å². The van der Waals surface area contributed by atoms with Gasteiger partial charge in [0.25, 0.3) is 0 Å². The summed E-state index contributed by atoms with van der Waals surface area (Å²) < 4.78 is 13.2. The van der Waals surface area contributed by atoms with Gasteiger partial charge in [-0.1, -0.05) is 0 Å². The Balaban J connectivity index is 1.89. The van der Waals surface area contributed by atoms with Crippen LogP contribution in [0.3, 0.4) is 0 Å². The minimum absolute atomic E-state index is 0.193. The quantitative estimate of drug-likeness (QED) is 0.710. The summed E-state index contributed by atoms with van der Waals surface area (Å²) in [6, 6.07) is 8.61. The van der Waals surface area contributed by atoms with Gasteiger partial charge in [-0.25, -0.2) is 4.39 Å². The number of nitrogens with one attached hydrogen (secondary N) is 2. The topological polar surface area (TPSA) is 103 Å². The van der Waals surface area contributed by atoms with Crippen LogP contribution < -0.4 is 5.32 Å². The number of H-pyrrole nitrogens is 1. The Morgan fingerprint density at radius 1 is 1.38 bits per heavy atom. The fraction of sp³-hybridized carbons (Fsp3) is 0. The highest BCUT2D eigenvalue weighted by molar-refractivity contribution is 5.83. The first-order valence-corrected chi connectivity index (χ1v) is 5.92. The standard InChI is InChI=1S/C13H8FN7/c14-10-3-8-4-11(1-2-12(8)17-7-10)16-6-9(5-15)13-18-20-21-19-13/h1-4,6-7,16H,(H,18,19,20,21). The number of hydrogen-bond acceptors (Lipinski definition) is 6. The molecule has 0 bridgehead atoms. The molecule has 0 aliphatic rings. The van der Waals surface area contributed by atoms with Crippen LogP contribution in [0.1, 0.15) is 5.82 Å². The van der Waals surface area contributed by atoms with Crippen molar-refractivity contribution in [2.24, 2.45) is 0 Å². The Morgan fingerprint density at radius 3 is 3.05 bits per heavy atom. The summed E-state index contributed by atoms with van der Waals surface area (Å²) >= 11 is 0. The molecule has 21 heavy (non-hydrogen) atoms. The molecule has 8 heteroatoms. The molecule has 0 amide bonds. The average molecular weight is 281 g/mol. The van der Waals surface area contributed by atoms with Gasteiger partial charge in [0.2, 0.25) is 5.82 Å². The summed E-state index contributed by atoms with van der Waals surface area (Å²) in [5.74, 6) is -0.210. The normalized spacial score (nSPS) is 11.3. The van der Waals surface area contributed by atoms with Crippen molar-refractivity contribution >= 4 is 22.2 Å². The molecule has 0 spiro atoms. The molecule has 0 atom stereocenters. The van der Waals surface area contributed by atoms with Crippen molar-refractivity contribution in [2.45, 2.75) is 0 Å². The number of pyridine rings is 1. The lowest BCUT2D eigenvalue weighted by atomic mass is 10.2. The number of fused-ring (bicyclic) bond motifs is 1. The zero-order valence-corrected chi connectivity index (χ0v) is 10.6. The number of aromatic nitrogens is 5. The second kappa shape index (κ2) is 5.34. The number of anilines is 1. The van der Waals surface area contributed by atoms with Gasteiger partial charge in [-0.2, -0.15) is 10.5 Å². The van der Waals surface area contributed by atoms with E-state index in [1.54, 1.807) is 18.2 Å². The summed E-state index contributed by atoms with van der Waals surface area (Å²) in [4.78, 5) is 3.97. The molecule has 0 aliphatic carbocycles. The summed E-state index contributed by atoms with van der Waals surface area (Å²) in [5.41, 5.74) is 1.59. The first kappa shape index (κ1) is 12.7. The number of nitrogens with zero attached hydrogens (tertiary/aromatic N) is 5. The van der Waals surface area contributed by atoms with Crippen LogP contribution in [0.4, 0.5) is 10.1 Å². The molecule has 0 unspecified atom stereocenters. The zero-order valence-electron chi connectivity index (χ0n) is 10.6. The van der Waals surface area contributed by atoms with Crippen LogP contribution in [0, 0.1) is 17.1 Å². The molecular weight excluding hydrogens is 273 g/mol. The number of allylic oxidation sites excluding steroid dienone is 1. The van der Waals surface area contributed by atoms with Crippen LogP contribution in [0.15, 0.2) is 36.7 Å². The maximum Gasteiger partial charge on any atom is 0.216 e. The van der Waals surface area contributed by atoms with Crippen molar-refractivity contribution in [1.82, 2.24) is 25.6 Å². The lowest BCUT2D eigenvalue weighted by molar-refractivity contribution is 0.624. The number of rotatable bonds is 3. The Labute approximate surface area is 118 Å². The number of nitriles is 1. The van der Waals surface area contributed by atoms with Crippen LogP contribution in [0.25, 0.3) is 16.5 Å². The number of hydrogen-bond donors (Lipinski definition) is 2. The minimum atomic E-state index is -0.403. The monoisotopic (exact) mass is 281 g/mol. The third-order valence-electron chi connectivity index (χ3n) is 2.74. The predicted molar refractivity (Wildman–Crippen MR) is 73.1 cm³/mol. The zero-order chi connectivity index (χ0) is 14.7. The molecule has 2 N–H and O–H groups in total. The molecule has 0 radical (unpaired) electrons. The highest BCUT2D eigenvalue weighted by atomic mass is 19.1. The summed E-state index contributed by atoms with van der Waals surface area (Å²) in [6.07, 6.45) is 2.62. The van der Waals surface area contributed by atoms with Gasteiger partial charge in [-0.3, -0.25) is 4.98 Å². The molecule has 2 aromatic heterocycles. The van der Waals surface area contributed by atoms with E-state index in [2.05, 4.69) is 30.9 Å². The smallest absolute Gasteiger partial charge is 0.216 e. The summed E-state index contributed by atoms with van der Waals surface area (Å²) in [6.45, 7) is 0. The lowest BCUT2D eigenvalue weighted by Crippen LogP contribution is -1.93. The number of halogens is 1. The van der Waals surface area contributed by atoms with E-state index in [0.717, 1.165) is 0 Å². The minimum Gasteiger partial charge on any atom is -0.360 e. The van der Waals surface area contributed by atoms with E-state index in [-0.39, 0.29) is 11.4 Å². The van der Waals surface area contributed by atoms with Gasteiger partial charge in [0.1, 0.15) is 17.5 Å². The van der Waals surface area contributed by atoms with Crippen molar-refractivity contribution in [2.75, 3.05) is 5.32 Å². The molecule has 0 aliphatic heterocycles. The van der Waals surface area contributed by atoms with E-state index in [4.69, 9.17) is 5.26 Å². The maximum absolute atomic E-state index is 13.2. The largest absolute Gasteiger partial charge is 0.360 e. The number of benzene rings is 1. The Hall–Kier alpha value is -3.34. The molecule has 0 fully saturated rings. The van der Waals surface area contributed by atoms with Gasteiger partial charge in [0.05, 0.1) is 11.7 Å². The Morgan fingerprint density at radius 2 is 2.29 bits per heavy atom. The second-order valence-corrected chi connectivity index (χ2v) is 4.11. The average Bonchev–Trinajstić information content (AvgIpc) is 3.01. The Bertz CT molecular complexity index is 849. The van der Waals surface area contributed by atoms with E-state index < -0.39 is 5.82 Å². The van der Waals surface area contributed by atoms with Crippen LogP contribution >= 0.6 is 0 Å². The van der Waals surface area contributed by atoms with E-state index in [0.29, 0.717) is 16.6 Å². The van der Waals surface area contributed by atoms with Crippen LogP contribution in [0.5, 0.6) is 0 Å².